The lowest BCUT2D eigenvalue weighted by Gasteiger charge is -2.31. The second-order valence-electron chi connectivity index (χ2n) is 5.61. The van der Waals surface area contributed by atoms with Crippen LogP contribution in [0.3, 0.4) is 0 Å². The SMILES string of the molecule is CNC1CCCN(Cc2nc(-c3cc(Cl)ccc3Cl)cs2)C1.Cl. The third-order valence-corrected chi connectivity index (χ3v) is 5.43. The van der Waals surface area contributed by atoms with Crippen molar-refractivity contribution in [1.82, 2.24) is 15.2 Å². The van der Waals surface area contributed by atoms with Gasteiger partial charge in [-0.1, -0.05) is 23.2 Å². The highest BCUT2D eigenvalue weighted by Crippen LogP contribution is 2.31. The number of aromatic nitrogens is 1. The zero-order valence-corrected chi connectivity index (χ0v) is 16.0. The molecule has 0 saturated carbocycles. The molecule has 1 aliphatic rings. The van der Waals surface area contributed by atoms with Crippen molar-refractivity contribution >= 4 is 46.9 Å². The molecule has 1 aliphatic heterocycles. The molecule has 1 saturated heterocycles. The van der Waals surface area contributed by atoms with Crippen LogP contribution in [0.15, 0.2) is 23.6 Å². The summed E-state index contributed by atoms with van der Waals surface area (Å²) in [5.74, 6) is 0. The van der Waals surface area contributed by atoms with Gasteiger partial charge in [-0.2, -0.15) is 0 Å². The van der Waals surface area contributed by atoms with E-state index in [-0.39, 0.29) is 12.4 Å². The van der Waals surface area contributed by atoms with Crippen molar-refractivity contribution in [1.29, 1.82) is 0 Å². The van der Waals surface area contributed by atoms with Gasteiger partial charge in [0.1, 0.15) is 5.01 Å². The Labute approximate surface area is 157 Å². The van der Waals surface area contributed by atoms with Crippen molar-refractivity contribution in [3.8, 4) is 11.3 Å². The molecule has 3 nitrogen and oxygen atoms in total. The summed E-state index contributed by atoms with van der Waals surface area (Å²) in [5, 5.41) is 7.93. The lowest BCUT2D eigenvalue weighted by atomic mass is 10.1. The quantitative estimate of drug-likeness (QED) is 0.816. The first-order chi connectivity index (χ1) is 10.7. The number of nitrogens with zero attached hydrogens (tertiary/aromatic N) is 2. The number of likely N-dealkylation sites (tertiary alicyclic amines) is 1. The van der Waals surface area contributed by atoms with Crippen molar-refractivity contribution < 1.29 is 0 Å². The Morgan fingerprint density at radius 3 is 3.00 bits per heavy atom. The number of nitrogens with one attached hydrogen (secondary N) is 1. The summed E-state index contributed by atoms with van der Waals surface area (Å²) in [7, 11) is 2.04. The molecule has 1 aromatic heterocycles. The Morgan fingerprint density at radius 1 is 1.39 bits per heavy atom. The molecule has 0 radical (unpaired) electrons. The van der Waals surface area contributed by atoms with E-state index in [0.717, 1.165) is 35.9 Å². The van der Waals surface area contributed by atoms with E-state index < -0.39 is 0 Å². The molecule has 1 aromatic carbocycles. The maximum atomic E-state index is 6.26. The highest BCUT2D eigenvalue weighted by molar-refractivity contribution is 7.09. The number of benzene rings is 1. The molecular weight excluding hydrogens is 373 g/mol. The minimum atomic E-state index is 0. The third kappa shape index (κ3) is 4.81. The van der Waals surface area contributed by atoms with Crippen LogP contribution in [0, 0.1) is 0 Å². The summed E-state index contributed by atoms with van der Waals surface area (Å²) in [6, 6.07) is 6.09. The molecule has 2 aromatic rings. The van der Waals surface area contributed by atoms with Crippen LogP contribution in [0.25, 0.3) is 11.3 Å². The van der Waals surface area contributed by atoms with E-state index in [1.807, 2.05) is 19.2 Å². The van der Waals surface area contributed by atoms with E-state index in [4.69, 9.17) is 28.2 Å². The number of halogens is 3. The number of hydrogen-bond donors (Lipinski definition) is 1. The van der Waals surface area contributed by atoms with Gasteiger partial charge in [-0.3, -0.25) is 4.90 Å². The van der Waals surface area contributed by atoms with Crippen molar-refractivity contribution in [2.45, 2.75) is 25.4 Å². The minimum Gasteiger partial charge on any atom is -0.316 e. The van der Waals surface area contributed by atoms with Gasteiger partial charge in [0.15, 0.2) is 0 Å². The molecule has 0 amide bonds. The van der Waals surface area contributed by atoms with E-state index in [2.05, 4.69) is 15.6 Å². The van der Waals surface area contributed by atoms with Gasteiger partial charge in [0.2, 0.25) is 0 Å². The number of hydrogen-bond acceptors (Lipinski definition) is 4. The number of likely N-dealkylation sites (N-methyl/N-ethyl adjacent to an activating group) is 1. The van der Waals surface area contributed by atoms with E-state index in [1.165, 1.54) is 12.8 Å². The maximum Gasteiger partial charge on any atom is 0.107 e. The summed E-state index contributed by atoms with van der Waals surface area (Å²) in [5.41, 5.74) is 1.82. The van der Waals surface area contributed by atoms with Gasteiger partial charge >= 0.3 is 0 Å². The zero-order valence-electron chi connectivity index (χ0n) is 12.9. The average Bonchev–Trinajstić information content (AvgIpc) is 2.98. The van der Waals surface area contributed by atoms with Crippen LogP contribution >= 0.6 is 46.9 Å². The molecule has 0 bridgehead atoms. The Balaban J connectivity index is 0.00000192. The summed E-state index contributed by atoms with van der Waals surface area (Å²) >= 11 is 14.0. The highest BCUT2D eigenvalue weighted by Gasteiger charge is 2.19. The smallest absolute Gasteiger partial charge is 0.107 e. The second-order valence-corrected chi connectivity index (χ2v) is 7.40. The normalized spacial score (nSPS) is 18.7. The molecule has 0 spiro atoms. The topological polar surface area (TPSA) is 28.2 Å². The molecule has 23 heavy (non-hydrogen) atoms. The predicted molar refractivity (Wildman–Crippen MR) is 102 cm³/mol. The van der Waals surface area contributed by atoms with E-state index >= 15 is 0 Å². The van der Waals surface area contributed by atoms with Crippen molar-refractivity contribution in [2.75, 3.05) is 20.1 Å². The Bertz CT molecular complexity index is 647. The highest BCUT2D eigenvalue weighted by atomic mass is 35.5. The molecule has 1 atom stereocenters. The zero-order chi connectivity index (χ0) is 15.5. The van der Waals surface area contributed by atoms with Gasteiger partial charge in [-0.25, -0.2) is 4.98 Å². The van der Waals surface area contributed by atoms with Gasteiger partial charge in [-0.15, -0.1) is 23.7 Å². The van der Waals surface area contributed by atoms with Gasteiger partial charge < -0.3 is 5.32 Å². The van der Waals surface area contributed by atoms with Crippen LogP contribution in [-0.4, -0.2) is 36.1 Å². The standard InChI is InChI=1S/C16H19Cl2N3S.ClH/c1-19-12-3-2-6-21(8-12)9-16-20-15(10-22-16)13-7-11(17)4-5-14(13)18;/h4-5,7,10,12,19H,2-3,6,8-9H2,1H3;1H. The van der Waals surface area contributed by atoms with Crippen LogP contribution in [0.4, 0.5) is 0 Å². The van der Waals surface area contributed by atoms with Crippen LogP contribution in [0.1, 0.15) is 17.8 Å². The van der Waals surface area contributed by atoms with E-state index in [0.29, 0.717) is 16.1 Å². The lowest BCUT2D eigenvalue weighted by molar-refractivity contribution is 0.188. The number of piperidine rings is 1. The Kier molecular flexibility index (Phi) is 7.14. The van der Waals surface area contributed by atoms with Crippen LogP contribution in [0.5, 0.6) is 0 Å². The largest absolute Gasteiger partial charge is 0.316 e. The summed E-state index contributed by atoms with van der Waals surface area (Å²) in [4.78, 5) is 7.21. The summed E-state index contributed by atoms with van der Waals surface area (Å²) < 4.78 is 0. The fourth-order valence-corrected chi connectivity index (χ4v) is 4.05. The van der Waals surface area contributed by atoms with E-state index in [1.54, 1.807) is 17.4 Å². The van der Waals surface area contributed by atoms with Gasteiger partial charge in [0, 0.05) is 28.6 Å². The molecular formula is C16H20Cl3N3S. The summed E-state index contributed by atoms with van der Waals surface area (Å²) in [6.07, 6.45) is 2.50. The minimum absolute atomic E-state index is 0. The number of rotatable bonds is 4. The molecule has 1 N–H and O–H groups in total. The first-order valence-corrected chi connectivity index (χ1v) is 9.08. The average molecular weight is 393 g/mol. The van der Waals surface area contributed by atoms with Crippen molar-refractivity contribution in [2.24, 2.45) is 0 Å². The fourth-order valence-electron chi connectivity index (χ4n) is 2.83. The van der Waals surface area contributed by atoms with Crippen LogP contribution < -0.4 is 5.32 Å². The first kappa shape index (κ1) is 19.0. The Morgan fingerprint density at radius 2 is 2.22 bits per heavy atom. The third-order valence-electron chi connectivity index (χ3n) is 4.03. The molecule has 1 unspecified atom stereocenters. The maximum absolute atomic E-state index is 6.26. The first-order valence-electron chi connectivity index (χ1n) is 7.45. The monoisotopic (exact) mass is 391 g/mol. The van der Waals surface area contributed by atoms with E-state index in [9.17, 15) is 0 Å². The van der Waals surface area contributed by atoms with Gasteiger partial charge in [-0.05, 0) is 44.6 Å². The van der Waals surface area contributed by atoms with Crippen LogP contribution in [0.2, 0.25) is 10.0 Å². The predicted octanol–water partition coefficient (Wildman–Crippen LogP) is 4.72. The van der Waals surface area contributed by atoms with Crippen molar-refractivity contribution in [3.05, 3.63) is 38.6 Å². The molecule has 3 rings (SSSR count). The molecule has 7 heteroatoms. The van der Waals surface area contributed by atoms with Gasteiger partial charge in [0.25, 0.3) is 0 Å². The molecule has 0 aliphatic carbocycles. The van der Waals surface area contributed by atoms with Crippen LogP contribution in [-0.2, 0) is 6.54 Å². The Hall–Kier alpha value is -0.360. The fraction of sp³-hybridized carbons (Fsp3) is 0.438. The number of thiazole rings is 1. The second kappa shape index (κ2) is 8.65. The molecule has 126 valence electrons. The molecule has 1 fully saturated rings. The summed E-state index contributed by atoms with van der Waals surface area (Å²) in [6.45, 7) is 3.13. The molecule has 2 heterocycles. The van der Waals surface area contributed by atoms with Crippen molar-refractivity contribution in [3.63, 3.8) is 0 Å². The lowest BCUT2D eigenvalue weighted by Crippen LogP contribution is -2.43. The van der Waals surface area contributed by atoms with Gasteiger partial charge in [0.05, 0.1) is 17.3 Å².